The van der Waals surface area contributed by atoms with Gasteiger partial charge in [0.25, 0.3) is 0 Å². The van der Waals surface area contributed by atoms with Gasteiger partial charge in [0.05, 0.1) is 10.9 Å². The van der Waals surface area contributed by atoms with Crippen LogP contribution in [0.15, 0.2) is 17.3 Å². The Morgan fingerprint density at radius 2 is 2.46 bits per heavy atom. The number of rotatable bonds is 4. The quantitative estimate of drug-likeness (QED) is 0.309. The number of nitrogens with zero attached hydrogens (tertiary/aromatic N) is 1. The summed E-state index contributed by atoms with van der Waals surface area (Å²) in [4.78, 5) is 1.12. The van der Waals surface area contributed by atoms with Crippen molar-refractivity contribution in [2.45, 2.75) is 6.54 Å². The Morgan fingerprint density at radius 1 is 1.69 bits per heavy atom. The van der Waals surface area contributed by atoms with Gasteiger partial charge in [-0.05, 0) is 12.1 Å². The minimum atomic E-state index is 0.169. The molecule has 0 amide bonds. The highest BCUT2D eigenvalue weighted by molar-refractivity contribution is 7.16. The van der Waals surface area contributed by atoms with Gasteiger partial charge in [0.2, 0.25) is 0 Å². The number of halogens is 1. The molecule has 0 spiro atoms. The van der Waals surface area contributed by atoms with E-state index in [0.717, 1.165) is 9.21 Å². The van der Waals surface area contributed by atoms with Crippen LogP contribution < -0.4 is 11.1 Å². The van der Waals surface area contributed by atoms with Crippen molar-refractivity contribution < 1.29 is 5.21 Å². The van der Waals surface area contributed by atoms with E-state index in [1.807, 2.05) is 12.1 Å². The summed E-state index contributed by atoms with van der Waals surface area (Å²) in [6.07, 6.45) is 0. The maximum atomic E-state index is 8.24. The van der Waals surface area contributed by atoms with Gasteiger partial charge in [-0.15, -0.1) is 11.3 Å². The van der Waals surface area contributed by atoms with Gasteiger partial charge in [-0.2, -0.15) is 0 Å². The molecule has 1 aromatic rings. The van der Waals surface area contributed by atoms with Crippen LogP contribution in [0.25, 0.3) is 0 Å². The zero-order valence-corrected chi connectivity index (χ0v) is 8.40. The van der Waals surface area contributed by atoms with E-state index in [9.17, 15) is 0 Å². The fraction of sp³-hybridized carbons (Fsp3) is 0.286. The van der Waals surface area contributed by atoms with Crippen molar-refractivity contribution in [2.75, 3.05) is 6.54 Å². The number of thiophene rings is 1. The number of nitrogens with one attached hydrogen (secondary N) is 1. The van der Waals surface area contributed by atoms with Crippen LogP contribution in [0.3, 0.4) is 0 Å². The molecule has 1 aromatic heterocycles. The van der Waals surface area contributed by atoms with E-state index in [4.69, 9.17) is 22.5 Å². The molecule has 13 heavy (non-hydrogen) atoms. The average Bonchev–Trinajstić information content (AvgIpc) is 2.51. The lowest BCUT2D eigenvalue weighted by molar-refractivity contribution is 0.317. The highest BCUT2D eigenvalue weighted by Gasteiger charge is 1.97. The molecular weight excluding hydrogens is 210 g/mol. The molecule has 0 aliphatic rings. The normalized spacial score (nSPS) is 11.9. The molecule has 0 aromatic carbocycles. The van der Waals surface area contributed by atoms with Crippen LogP contribution in [0.5, 0.6) is 0 Å². The second-order valence-corrected chi connectivity index (χ2v) is 4.20. The van der Waals surface area contributed by atoms with Crippen LogP contribution in [-0.2, 0) is 6.54 Å². The predicted octanol–water partition coefficient (Wildman–Crippen LogP) is 1.24. The van der Waals surface area contributed by atoms with Gasteiger partial charge >= 0.3 is 0 Å². The molecule has 0 radical (unpaired) electrons. The molecule has 4 N–H and O–H groups in total. The van der Waals surface area contributed by atoms with Gasteiger partial charge in [0.1, 0.15) is 0 Å². The highest BCUT2D eigenvalue weighted by Crippen LogP contribution is 2.20. The van der Waals surface area contributed by atoms with Crippen LogP contribution in [0.1, 0.15) is 4.88 Å². The minimum absolute atomic E-state index is 0.169. The van der Waals surface area contributed by atoms with E-state index in [-0.39, 0.29) is 5.84 Å². The monoisotopic (exact) mass is 219 g/mol. The van der Waals surface area contributed by atoms with Crippen molar-refractivity contribution in [3.8, 4) is 0 Å². The Kier molecular flexibility index (Phi) is 4.01. The Balaban J connectivity index is 2.28. The van der Waals surface area contributed by atoms with Gasteiger partial charge in [-0.1, -0.05) is 16.8 Å². The molecule has 72 valence electrons. The summed E-state index contributed by atoms with van der Waals surface area (Å²) in [5, 5.41) is 14.1. The van der Waals surface area contributed by atoms with E-state index in [0.29, 0.717) is 13.1 Å². The molecule has 6 heteroatoms. The smallest absolute Gasteiger partial charge is 0.153 e. The Morgan fingerprint density at radius 3 is 3.00 bits per heavy atom. The highest BCUT2D eigenvalue weighted by atomic mass is 35.5. The third-order valence-electron chi connectivity index (χ3n) is 1.36. The van der Waals surface area contributed by atoms with Crippen molar-refractivity contribution in [1.29, 1.82) is 0 Å². The van der Waals surface area contributed by atoms with Crippen molar-refractivity contribution >= 4 is 28.8 Å². The van der Waals surface area contributed by atoms with E-state index < -0.39 is 0 Å². The van der Waals surface area contributed by atoms with Crippen molar-refractivity contribution in [3.63, 3.8) is 0 Å². The third kappa shape index (κ3) is 3.63. The van der Waals surface area contributed by atoms with Gasteiger partial charge in [-0.3, -0.25) is 0 Å². The fourth-order valence-electron chi connectivity index (χ4n) is 0.796. The zero-order chi connectivity index (χ0) is 9.68. The number of hydrogen-bond acceptors (Lipinski definition) is 4. The van der Waals surface area contributed by atoms with Gasteiger partial charge < -0.3 is 16.3 Å². The van der Waals surface area contributed by atoms with Crippen LogP contribution in [0.4, 0.5) is 0 Å². The molecule has 1 heterocycles. The van der Waals surface area contributed by atoms with Crippen LogP contribution >= 0.6 is 22.9 Å². The number of hydrogen-bond donors (Lipinski definition) is 3. The fourth-order valence-corrected chi connectivity index (χ4v) is 1.85. The lowest BCUT2D eigenvalue weighted by atomic mass is 10.4. The molecule has 0 saturated carbocycles. The summed E-state index contributed by atoms with van der Waals surface area (Å²) in [6.45, 7) is 1.04. The molecule has 0 saturated heterocycles. The van der Waals surface area contributed by atoms with E-state index in [1.54, 1.807) is 0 Å². The molecule has 0 aliphatic carbocycles. The summed E-state index contributed by atoms with van der Waals surface area (Å²) in [6, 6.07) is 3.78. The Labute approximate surface area is 85.0 Å². The summed E-state index contributed by atoms with van der Waals surface area (Å²) in [5.41, 5.74) is 5.26. The standard InChI is InChI=1S/C7H10ClN3OS/c8-6-2-1-5(13-6)3-10-4-7(9)11-12/h1-2,10,12H,3-4H2,(H2,9,11). The van der Waals surface area contributed by atoms with Crippen LogP contribution in [0.2, 0.25) is 4.34 Å². The Hall–Kier alpha value is -0.780. The first-order valence-corrected chi connectivity index (χ1v) is 4.83. The first-order valence-electron chi connectivity index (χ1n) is 3.63. The molecule has 4 nitrogen and oxygen atoms in total. The van der Waals surface area contributed by atoms with Gasteiger partial charge in [-0.25, -0.2) is 0 Å². The molecule has 0 atom stereocenters. The molecule has 0 unspecified atom stereocenters. The van der Waals surface area contributed by atoms with Gasteiger partial charge in [0.15, 0.2) is 5.84 Å². The maximum Gasteiger partial charge on any atom is 0.153 e. The van der Waals surface area contributed by atoms with Crippen molar-refractivity contribution in [3.05, 3.63) is 21.3 Å². The molecule has 0 aliphatic heterocycles. The molecular formula is C7H10ClN3OS. The summed E-state index contributed by atoms with van der Waals surface area (Å²) >= 11 is 7.24. The van der Waals surface area contributed by atoms with E-state index >= 15 is 0 Å². The number of oxime groups is 1. The first kappa shape index (κ1) is 10.3. The summed E-state index contributed by atoms with van der Waals surface area (Å²) in [7, 11) is 0. The zero-order valence-electron chi connectivity index (χ0n) is 6.83. The maximum absolute atomic E-state index is 8.24. The Bertz CT molecular complexity index is 300. The average molecular weight is 220 g/mol. The predicted molar refractivity (Wildman–Crippen MR) is 54.4 cm³/mol. The molecule has 1 rings (SSSR count). The second kappa shape index (κ2) is 5.06. The molecule has 0 fully saturated rings. The summed E-state index contributed by atoms with van der Waals surface area (Å²) in [5.74, 6) is 0.169. The minimum Gasteiger partial charge on any atom is -0.409 e. The summed E-state index contributed by atoms with van der Waals surface area (Å²) < 4.78 is 0.764. The van der Waals surface area contributed by atoms with E-state index in [2.05, 4.69) is 10.5 Å². The van der Waals surface area contributed by atoms with Crippen molar-refractivity contribution in [1.82, 2.24) is 5.32 Å². The topological polar surface area (TPSA) is 70.6 Å². The largest absolute Gasteiger partial charge is 0.409 e. The first-order chi connectivity index (χ1) is 6.22. The van der Waals surface area contributed by atoms with Crippen molar-refractivity contribution in [2.24, 2.45) is 10.9 Å². The second-order valence-electron chi connectivity index (χ2n) is 2.40. The van der Waals surface area contributed by atoms with Gasteiger partial charge in [0, 0.05) is 11.4 Å². The number of amidine groups is 1. The number of nitrogens with two attached hydrogens (primary N) is 1. The lowest BCUT2D eigenvalue weighted by Crippen LogP contribution is -2.28. The SMILES string of the molecule is NC(CNCc1ccc(Cl)s1)=NO. The van der Waals surface area contributed by atoms with Crippen LogP contribution in [-0.4, -0.2) is 17.6 Å². The van der Waals surface area contributed by atoms with E-state index in [1.165, 1.54) is 11.3 Å². The lowest BCUT2D eigenvalue weighted by Gasteiger charge is -1.99. The molecule has 0 bridgehead atoms. The van der Waals surface area contributed by atoms with Crippen LogP contribution in [0, 0.1) is 0 Å². The third-order valence-corrected chi connectivity index (χ3v) is 2.59.